The first kappa shape index (κ1) is 11.0. The molecule has 2 nitrogen and oxygen atoms in total. The van der Waals surface area contributed by atoms with Crippen molar-refractivity contribution < 1.29 is 5.11 Å². The van der Waals surface area contributed by atoms with Crippen molar-refractivity contribution in [2.45, 2.75) is 39.7 Å². The summed E-state index contributed by atoms with van der Waals surface area (Å²) in [5, 5.41) is 9.55. The number of rotatable bonds is 3. The van der Waals surface area contributed by atoms with Gasteiger partial charge >= 0.3 is 0 Å². The lowest BCUT2D eigenvalue weighted by molar-refractivity contribution is 0.0336. The Kier molecular flexibility index (Phi) is 4.20. The smallest absolute Gasteiger partial charge is 0.0590 e. The van der Waals surface area contributed by atoms with Gasteiger partial charge in [0.25, 0.3) is 0 Å². The van der Waals surface area contributed by atoms with Crippen LogP contribution in [-0.2, 0) is 0 Å². The molecule has 1 rings (SSSR count). The third-order valence-electron chi connectivity index (χ3n) is 2.97. The van der Waals surface area contributed by atoms with Gasteiger partial charge in [0.05, 0.1) is 6.10 Å². The highest BCUT2D eigenvalue weighted by Crippen LogP contribution is 2.17. The Morgan fingerprint density at radius 3 is 2.69 bits per heavy atom. The van der Waals surface area contributed by atoms with Gasteiger partial charge in [-0.1, -0.05) is 20.8 Å². The monoisotopic (exact) mass is 185 g/mol. The quantitative estimate of drug-likeness (QED) is 0.724. The highest BCUT2D eigenvalue weighted by atomic mass is 16.3. The Balaban J connectivity index is 2.21. The predicted molar refractivity (Wildman–Crippen MR) is 55.7 cm³/mol. The Morgan fingerprint density at radius 1 is 1.46 bits per heavy atom. The minimum Gasteiger partial charge on any atom is -0.393 e. The van der Waals surface area contributed by atoms with Gasteiger partial charge in [-0.3, -0.25) is 0 Å². The van der Waals surface area contributed by atoms with E-state index in [4.69, 9.17) is 0 Å². The van der Waals surface area contributed by atoms with E-state index >= 15 is 0 Å². The minimum absolute atomic E-state index is 0.0599. The average Bonchev–Trinajstić information content (AvgIpc) is 2.07. The third-order valence-corrected chi connectivity index (χ3v) is 2.97. The fourth-order valence-corrected chi connectivity index (χ4v) is 1.86. The standard InChI is InChI=1S/C11H23NO/c1-9(2)4-6-12-7-5-11(13)10(3)8-12/h9-11,13H,4-8H2,1-3H3/t10-,11-/m1/s1. The first-order valence-electron chi connectivity index (χ1n) is 5.50. The van der Waals surface area contributed by atoms with Gasteiger partial charge in [-0.25, -0.2) is 0 Å². The molecule has 13 heavy (non-hydrogen) atoms. The Morgan fingerprint density at radius 2 is 2.15 bits per heavy atom. The van der Waals surface area contributed by atoms with Crippen molar-refractivity contribution in [3.63, 3.8) is 0 Å². The van der Waals surface area contributed by atoms with Gasteiger partial charge in [0.2, 0.25) is 0 Å². The molecule has 1 aliphatic heterocycles. The molecule has 2 heteroatoms. The molecular weight excluding hydrogens is 162 g/mol. The molecule has 1 saturated heterocycles. The molecule has 78 valence electrons. The van der Waals surface area contributed by atoms with E-state index in [1.54, 1.807) is 0 Å². The summed E-state index contributed by atoms with van der Waals surface area (Å²) in [6.45, 7) is 10.0. The molecule has 0 amide bonds. The van der Waals surface area contributed by atoms with Crippen LogP contribution in [0.3, 0.4) is 0 Å². The van der Waals surface area contributed by atoms with Crippen molar-refractivity contribution >= 4 is 0 Å². The van der Waals surface area contributed by atoms with Crippen LogP contribution in [0.2, 0.25) is 0 Å². The fraction of sp³-hybridized carbons (Fsp3) is 1.00. The molecular formula is C11H23NO. The van der Waals surface area contributed by atoms with E-state index in [1.165, 1.54) is 13.0 Å². The van der Waals surface area contributed by atoms with E-state index < -0.39 is 0 Å². The van der Waals surface area contributed by atoms with Crippen LogP contribution < -0.4 is 0 Å². The molecule has 0 spiro atoms. The molecule has 1 fully saturated rings. The summed E-state index contributed by atoms with van der Waals surface area (Å²) in [5.41, 5.74) is 0. The van der Waals surface area contributed by atoms with E-state index in [9.17, 15) is 5.11 Å². The van der Waals surface area contributed by atoms with Crippen LogP contribution >= 0.6 is 0 Å². The van der Waals surface area contributed by atoms with Crippen molar-refractivity contribution in [2.75, 3.05) is 19.6 Å². The van der Waals surface area contributed by atoms with Gasteiger partial charge in [-0.05, 0) is 31.2 Å². The zero-order valence-electron chi connectivity index (χ0n) is 9.16. The maximum atomic E-state index is 9.55. The molecule has 0 aromatic rings. The number of likely N-dealkylation sites (tertiary alicyclic amines) is 1. The molecule has 1 heterocycles. The molecule has 0 aliphatic carbocycles. The van der Waals surface area contributed by atoms with Crippen molar-refractivity contribution in [1.82, 2.24) is 4.90 Å². The predicted octanol–water partition coefficient (Wildman–Crippen LogP) is 1.74. The zero-order valence-corrected chi connectivity index (χ0v) is 9.16. The molecule has 1 aliphatic rings. The zero-order chi connectivity index (χ0) is 9.84. The van der Waals surface area contributed by atoms with Crippen molar-refractivity contribution in [3.8, 4) is 0 Å². The third kappa shape index (κ3) is 3.65. The van der Waals surface area contributed by atoms with Crippen LogP contribution in [0.5, 0.6) is 0 Å². The second-order valence-corrected chi connectivity index (χ2v) is 4.82. The average molecular weight is 185 g/mol. The Hall–Kier alpha value is -0.0800. The maximum absolute atomic E-state index is 9.55. The molecule has 1 N–H and O–H groups in total. The highest BCUT2D eigenvalue weighted by molar-refractivity contribution is 4.76. The van der Waals surface area contributed by atoms with E-state index in [0.29, 0.717) is 5.92 Å². The van der Waals surface area contributed by atoms with Crippen LogP contribution in [0.15, 0.2) is 0 Å². The van der Waals surface area contributed by atoms with Gasteiger partial charge in [-0.15, -0.1) is 0 Å². The summed E-state index contributed by atoms with van der Waals surface area (Å²) >= 11 is 0. The summed E-state index contributed by atoms with van der Waals surface area (Å²) < 4.78 is 0. The first-order valence-corrected chi connectivity index (χ1v) is 5.50. The van der Waals surface area contributed by atoms with Gasteiger partial charge in [0.15, 0.2) is 0 Å². The van der Waals surface area contributed by atoms with Crippen LogP contribution in [-0.4, -0.2) is 35.7 Å². The number of hydrogen-bond acceptors (Lipinski definition) is 2. The molecule has 0 unspecified atom stereocenters. The normalized spacial score (nSPS) is 31.2. The number of hydrogen-bond donors (Lipinski definition) is 1. The van der Waals surface area contributed by atoms with Gasteiger partial charge < -0.3 is 10.0 Å². The number of aliphatic hydroxyl groups excluding tert-OH is 1. The largest absolute Gasteiger partial charge is 0.393 e. The maximum Gasteiger partial charge on any atom is 0.0590 e. The van der Waals surface area contributed by atoms with Gasteiger partial charge in [0.1, 0.15) is 0 Å². The lowest BCUT2D eigenvalue weighted by atomic mass is 9.96. The van der Waals surface area contributed by atoms with Crippen LogP contribution in [0.4, 0.5) is 0 Å². The van der Waals surface area contributed by atoms with Crippen LogP contribution in [0, 0.1) is 11.8 Å². The molecule has 2 atom stereocenters. The van der Waals surface area contributed by atoms with Crippen molar-refractivity contribution in [2.24, 2.45) is 11.8 Å². The summed E-state index contributed by atoms with van der Waals surface area (Å²) in [6, 6.07) is 0. The van der Waals surface area contributed by atoms with Gasteiger partial charge in [-0.2, -0.15) is 0 Å². The van der Waals surface area contributed by atoms with Crippen molar-refractivity contribution in [1.29, 1.82) is 0 Å². The van der Waals surface area contributed by atoms with Crippen LogP contribution in [0.25, 0.3) is 0 Å². The molecule has 0 aromatic heterocycles. The first-order chi connectivity index (χ1) is 6.09. The lowest BCUT2D eigenvalue weighted by Crippen LogP contribution is -2.42. The summed E-state index contributed by atoms with van der Waals surface area (Å²) in [5.74, 6) is 1.25. The fourth-order valence-electron chi connectivity index (χ4n) is 1.86. The van der Waals surface area contributed by atoms with Crippen LogP contribution in [0.1, 0.15) is 33.6 Å². The molecule has 0 bridgehead atoms. The lowest BCUT2D eigenvalue weighted by Gasteiger charge is -2.34. The van der Waals surface area contributed by atoms with E-state index in [1.807, 2.05) is 0 Å². The molecule has 0 radical (unpaired) electrons. The Bertz CT molecular complexity index is 147. The van der Waals surface area contributed by atoms with E-state index in [0.717, 1.165) is 25.4 Å². The van der Waals surface area contributed by atoms with Crippen molar-refractivity contribution in [3.05, 3.63) is 0 Å². The number of aliphatic hydroxyl groups is 1. The highest BCUT2D eigenvalue weighted by Gasteiger charge is 2.23. The summed E-state index contributed by atoms with van der Waals surface area (Å²) in [4.78, 5) is 2.48. The van der Waals surface area contributed by atoms with E-state index in [2.05, 4.69) is 25.7 Å². The SMILES string of the molecule is CC(C)CCN1CC[C@@H](O)[C@H](C)C1. The minimum atomic E-state index is -0.0599. The molecule has 0 saturated carbocycles. The summed E-state index contributed by atoms with van der Waals surface area (Å²) in [7, 11) is 0. The van der Waals surface area contributed by atoms with E-state index in [-0.39, 0.29) is 6.10 Å². The topological polar surface area (TPSA) is 23.5 Å². The number of piperidine rings is 1. The molecule has 0 aromatic carbocycles. The number of nitrogens with zero attached hydrogens (tertiary/aromatic N) is 1. The second kappa shape index (κ2) is 4.97. The van der Waals surface area contributed by atoms with Gasteiger partial charge in [0, 0.05) is 13.1 Å². The second-order valence-electron chi connectivity index (χ2n) is 4.82. The Labute approximate surface area is 81.9 Å². The summed E-state index contributed by atoms with van der Waals surface area (Å²) in [6.07, 6.45) is 2.18.